The number of anilines is 1. The average molecular weight is 269 g/mol. The fraction of sp³-hybridized carbons (Fsp3) is 0.214. The maximum atomic E-state index is 12.0. The normalized spacial score (nSPS) is 10.0. The van der Waals surface area contributed by atoms with Crippen LogP contribution in [0.25, 0.3) is 0 Å². The number of hydrogen-bond donors (Lipinski definition) is 2. The Bertz CT molecular complexity index is 668. The predicted octanol–water partition coefficient (Wildman–Crippen LogP) is 1.29. The van der Waals surface area contributed by atoms with Gasteiger partial charge < -0.3 is 11.1 Å². The minimum atomic E-state index is -0.322. The van der Waals surface area contributed by atoms with Gasteiger partial charge in [0.25, 0.3) is 5.91 Å². The van der Waals surface area contributed by atoms with Crippen LogP contribution in [0.15, 0.2) is 30.5 Å². The van der Waals surface area contributed by atoms with Gasteiger partial charge in [0, 0.05) is 19.3 Å². The van der Waals surface area contributed by atoms with Crippen molar-refractivity contribution < 1.29 is 4.79 Å². The Kier molecular flexibility index (Phi) is 4.01. The zero-order chi connectivity index (χ0) is 14.5. The molecule has 20 heavy (non-hydrogen) atoms. The highest BCUT2D eigenvalue weighted by atomic mass is 16.1. The maximum absolute atomic E-state index is 12.0. The third kappa shape index (κ3) is 2.95. The van der Waals surface area contributed by atoms with Gasteiger partial charge in [0.05, 0.1) is 17.3 Å². The second-order valence-electron chi connectivity index (χ2n) is 4.28. The van der Waals surface area contributed by atoms with Crippen LogP contribution in [0, 0.1) is 11.3 Å². The Morgan fingerprint density at radius 3 is 3.00 bits per heavy atom. The molecule has 6 heteroatoms. The SMILES string of the molecule is CCn1cc(N)c(C(=O)NCc2cccc(C#N)c2)n1. The molecule has 0 fully saturated rings. The number of hydrogen-bond acceptors (Lipinski definition) is 4. The highest BCUT2D eigenvalue weighted by molar-refractivity contribution is 5.96. The summed E-state index contributed by atoms with van der Waals surface area (Å²) in [6, 6.07) is 9.12. The first-order valence-electron chi connectivity index (χ1n) is 6.24. The van der Waals surface area contributed by atoms with Crippen LogP contribution in [-0.2, 0) is 13.1 Å². The lowest BCUT2D eigenvalue weighted by Crippen LogP contribution is -2.24. The Morgan fingerprint density at radius 2 is 2.35 bits per heavy atom. The molecule has 1 aromatic heterocycles. The first kappa shape index (κ1) is 13.6. The van der Waals surface area contributed by atoms with E-state index in [2.05, 4.69) is 16.5 Å². The summed E-state index contributed by atoms with van der Waals surface area (Å²) >= 11 is 0. The molecule has 0 atom stereocenters. The summed E-state index contributed by atoms with van der Waals surface area (Å²) < 4.78 is 1.61. The third-order valence-corrected chi connectivity index (χ3v) is 2.84. The highest BCUT2D eigenvalue weighted by Gasteiger charge is 2.14. The van der Waals surface area contributed by atoms with Crippen molar-refractivity contribution in [2.24, 2.45) is 0 Å². The Labute approximate surface area is 116 Å². The smallest absolute Gasteiger partial charge is 0.274 e. The van der Waals surface area contributed by atoms with Gasteiger partial charge in [-0.15, -0.1) is 0 Å². The molecule has 1 aromatic carbocycles. The lowest BCUT2D eigenvalue weighted by atomic mass is 10.1. The fourth-order valence-electron chi connectivity index (χ4n) is 1.79. The first-order chi connectivity index (χ1) is 9.63. The lowest BCUT2D eigenvalue weighted by molar-refractivity contribution is 0.0946. The number of carbonyl (C=O) groups is 1. The molecular formula is C14H15N5O. The molecule has 6 nitrogen and oxygen atoms in total. The molecule has 1 amide bonds. The zero-order valence-corrected chi connectivity index (χ0v) is 11.1. The minimum Gasteiger partial charge on any atom is -0.396 e. The topological polar surface area (TPSA) is 96.7 Å². The monoisotopic (exact) mass is 269 g/mol. The van der Waals surface area contributed by atoms with Crippen molar-refractivity contribution in [3.05, 3.63) is 47.3 Å². The Balaban J connectivity index is 2.04. The number of aromatic nitrogens is 2. The average Bonchev–Trinajstić information content (AvgIpc) is 2.86. The molecule has 2 aromatic rings. The Morgan fingerprint density at radius 1 is 1.55 bits per heavy atom. The van der Waals surface area contributed by atoms with E-state index in [1.54, 1.807) is 29.1 Å². The van der Waals surface area contributed by atoms with Crippen molar-refractivity contribution in [3.63, 3.8) is 0 Å². The summed E-state index contributed by atoms with van der Waals surface area (Å²) in [7, 11) is 0. The summed E-state index contributed by atoms with van der Waals surface area (Å²) in [6.07, 6.45) is 1.63. The van der Waals surface area contributed by atoms with Crippen molar-refractivity contribution in [2.75, 3.05) is 5.73 Å². The molecule has 1 heterocycles. The number of rotatable bonds is 4. The number of nitrogens with zero attached hydrogens (tertiary/aromatic N) is 3. The van der Waals surface area contributed by atoms with Gasteiger partial charge >= 0.3 is 0 Å². The molecule has 102 valence electrons. The van der Waals surface area contributed by atoms with Crippen LogP contribution in [0.1, 0.15) is 28.5 Å². The molecule has 3 N–H and O–H groups in total. The van der Waals surface area contributed by atoms with E-state index in [1.165, 1.54) is 0 Å². The molecule has 0 saturated carbocycles. The number of benzene rings is 1. The van der Waals surface area contributed by atoms with Gasteiger partial charge in [-0.05, 0) is 24.6 Å². The van der Waals surface area contributed by atoms with Gasteiger partial charge in [0.15, 0.2) is 5.69 Å². The Hall–Kier alpha value is -2.81. The van der Waals surface area contributed by atoms with E-state index < -0.39 is 0 Å². The van der Waals surface area contributed by atoms with E-state index in [0.29, 0.717) is 24.3 Å². The molecule has 0 aliphatic carbocycles. The van der Waals surface area contributed by atoms with E-state index >= 15 is 0 Å². The number of nitrogen functional groups attached to an aromatic ring is 1. The number of nitrogens with one attached hydrogen (secondary N) is 1. The van der Waals surface area contributed by atoms with Crippen molar-refractivity contribution in [3.8, 4) is 6.07 Å². The molecule has 0 aliphatic heterocycles. The van der Waals surface area contributed by atoms with Crippen LogP contribution < -0.4 is 11.1 Å². The van der Waals surface area contributed by atoms with Gasteiger partial charge in [-0.3, -0.25) is 9.48 Å². The molecule has 0 saturated heterocycles. The highest BCUT2D eigenvalue weighted by Crippen LogP contribution is 2.09. The molecular weight excluding hydrogens is 254 g/mol. The van der Waals surface area contributed by atoms with Crippen LogP contribution in [0.2, 0.25) is 0 Å². The summed E-state index contributed by atoms with van der Waals surface area (Å²) in [6.45, 7) is 2.90. The number of amides is 1. The van der Waals surface area contributed by atoms with E-state index in [1.807, 2.05) is 13.0 Å². The number of aryl methyl sites for hydroxylation is 1. The number of nitriles is 1. The van der Waals surface area contributed by atoms with Crippen LogP contribution in [-0.4, -0.2) is 15.7 Å². The summed E-state index contributed by atoms with van der Waals surface area (Å²) in [5.41, 5.74) is 7.74. The molecule has 0 bridgehead atoms. The standard InChI is InChI=1S/C14H15N5O/c1-2-19-9-12(16)13(18-19)14(20)17-8-11-5-3-4-10(6-11)7-15/h3-6,9H,2,8,16H2,1H3,(H,17,20). The molecule has 0 spiro atoms. The van der Waals surface area contributed by atoms with E-state index in [4.69, 9.17) is 11.0 Å². The van der Waals surface area contributed by atoms with Crippen LogP contribution in [0.3, 0.4) is 0 Å². The number of nitrogens with two attached hydrogens (primary N) is 1. The van der Waals surface area contributed by atoms with Crippen LogP contribution in [0.5, 0.6) is 0 Å². The van der Waals surface area contributed by atoms with Crippen molar-refractivity contribution >= 4 is 11.6 Å². The predicted molar refractivity (Wildman–Crippen MR) is 74.6 cm³/mol. The van der Waals surface area contributed by atoms with Gasteiger partial charge in [-0.25, -0.2) is 0 Å². The van der Waals surface area contributed by atoms with Gasteiger partial charge in [0.1, 0.15) is 0 Å². The fourth-order valence-corrected chi connectivity index (χ4v) is 1.79. The van der Waals surface area contributed by atoms with E-state index in [9.17, 15) is 4.79 Å². The molecule has 0 radical (unpaired) electrons. The maximum Gasteiger partial charge on any atom is 0.274 e. The molecule has 0 aliphatic rings. The van der Waals surface area contributed by atoms with Crippen LogP contribution >= 0.6 is 0 Å². The molecule has 0 unspecified atom stereocenters. The first-order valence-corrected chi connectivity index (χ1v) is 6.24. The zero-order valence-electron chi connectivity index (χ0n) is 11.1. The van der Waals surface area contributed by atoms with Crippen molar-refractivity contribution in [1.82, 2.24) is 15.1 Å². The molecule has 2 rings (SSSR count). The van der Waals surface area contributed by atoms with E-state index in [-0.39, 0.29) is 11.6 Å². The second kappa shape index (κ2) is 5.89. The largest absolute Gasteiger partial charge is 0.396 e. The summed E-state index contributed by atoms with van der Waals surface area (Å²) in [5, 5.41) is 15.7. The third-order valence-electron chi connectivity index (χ3n) is 2.84. The van der Waals surface area contributed by atoms with E-state index in [0.717, 1.165) is 5.56 Å². The summed E-state index contributed by atoms with van der Waals surface area (Å²) in [4.78, 5) is 12.0. The van der Waals surface area contributed by atoms with Gasteiger partial charge in [0.2, 0.25) is 0 Å². The second-order valence-corrected chi connectivity index (χ2v) is 4.28. The quantitative estimate of drug-likeness (QED) is 0.873. The minimum absolute atomic E-state index is 0.225. The number of carbonyl (C=O) groups excluding carboxylic acids is 1. The lowest BCUT2D eigenvalue weighted by Gasteiger charge is -2.04. The van der Waals surface area contributed by atoms with Gasteiger partial charge in [-0.1, -0.05) is 12.1 Å². The summed E-state index contributed by atoms with van der Waals surface area (Å²) in [5.74, 6) is -0.322. The van der Waals surface area contributed by atoms with Crippen molar-refractivity contribution in [2.45, 2.75) is 20.0 Å². The van der Waals surface area contributed by atoms with Crippen LogP contribution in [0.4, 0.5) is 5.69 Å². The van der Waals surface area contributed by atoms with Gasteiger partial charge in [-0.2, -0.15) is 10.4 Å². The van der Waals surface area contributed by atoms with Crippen molar-refractivity contribution in [1.29, 1.82) is 5.26 Å².